The van der Waals surface area contributed by atoms with Crippen molar-refractivity contribution in [3.8, 4) is 11.8 Å². The van der Waals surface area contributed by atoms with E-state index in [4.69, 9.17) is 0 Å². The lowest BCUT2D eigenvalue weighted by Crippen LogP contribution is -2.11. The molecule has 1 atom stereocenters. The Balaban J connectivity index is 3.77. The molecule has 0 aliphatic heterocycles. The Hall–Kier alpha value is -1.04. The van der Waals surface area contributed by atoms with Gasteiger partial charge in [0.25, 0.3) is 6.04 Å². The first kappa shape index (κ1) is 6.96. The van der Waals surface area contributed by atoms with Crippen molar-refractivity contribution in [2.45, 2.75) is 19.9 Å². The van der Waals surface area contributed by atoms with Crippen LogP contribution in [0.25, 0.3) is 0 Å². The molecule has 1 unspecified atom stereocenters. The van der Waals surface area contributed by atoms with Crippen molar-refractivity contribution in [1.29, 1.82) is 0 Å². The Labute approximate surface area is 47.9 Å². The van der Waals surface area contributed by atoms with Crippen LogP contribution in [-0.4, -0.2) is 11.0 Å². The van der Waals surface area contributed by atoms with Crippen molar-refractivity contribution < 1.29 is 4.92 Å². The Morgan fingerprint density at radius 2 is 2.25 bits per heavy atom. The van der Waals surface area contributed by atoms with Crippen molar-refractivity contribution in [1.82, 2.24) is 0 Å². The number of nitro groups is 1. The van der Waals surface area contributed by atoms with E-state index in [2.05, 4.69) is 11.8 Å². The van der Waals surface area contributed by atoms with Gasteiger partial charge in [-0.05, 0) is 12.8 Å². The largest absolute Gasteiger partial charge is 0.269 e. The minimum Gasteiger partial charge on any atom is -0.263 e. The van der Waals surface area contributed by atoms with Crippen molar-refractivity contribution in [3.05, 3.63) is 10.1 Å². The fourth-order valence-corrected chi connectivity index (χ4v) is 0.262. The summed E-state index contributed by atoms with van der Waals surface area (Å²) in [5.41, 5.74) is 0. The normalized spacial score (nSPS) is 11.2. The average Bonchev–Trinajstić information content (AvgIpc) is 1.67. The van der Waals surface area contributed by atoms with Gasteiger partial charge in [-0.2, -0.15) is 0 Å². The van der Waals surface area contributed by atoms with E-state index in [-0.39, 0.29) is 0 Å². The molecule has 0 saturated carbocycles. The van der Waals surface area contributed by atoms with Crippen molar-refractivity contribution in [2.75, 3.05) is 0 Å². The molecule has 0 aliphatic rings. The van der Waals surface area contributed by atoms with E-state index in [0.717, 1.165) is 0 Å². The Morgan fingerprint density at radius 3 is 2.38 bits per heavy atom. The maximum absolute atomic E-state index is 9.79. The Kier molecular flexibility index (Phi) is 2.63. The van der Waals surface area contributed by atoms with Crippen molar-refractivity contribution in [3.63, 3.8) is 0 Å². The zero-order valence-corrected chi connectivity index (χ0v) is 4.84. The molecule has 0 aromatic rings. The standard InChI is InChI=1S/C5H7NO2/c1-3-4-5(2)6(7)8/h5H,1-2H3. The van der Waals surface area contributed by atoms with Crippen LogP contribution in [0.15, 0.2) is 0 Å². The predicted molar refractivity (Wildman–Crippen MR) is 29.9 cm³/mol. The van der Waals surface area contributed by atoms with Crippen LogP contribution >= 0.6 is 0 Å². The van der Waals surface area contributed by atoms with Crippen molar-refractivity contribution >= 4 is 0 Å². The minimum atomic E-state index is -0.722. The van der Waals surface area contributed by atoms with E-state index >= 15 is 0 Å². The second kappa shape index (κ2) is 3.03. The lowest BCUT2D eigenvalue weighted by atomic mass is 10.4. The summed E-state index contributed by atoms with van der Waals surface area (Å²) < 4.78 is 0. The average molecular weight is 113 g/mol. The van der Waals surface area contributed by atoms with E-state index < -0.39 is 11.0 Å². The number of rotatable bonds is 1. The molecule has 3 heteroatoms. The van der Waals surface area contributed by atoms with Crippen LogP contribution < -0.4 is 0 Å². The zero-order chi connectivity index (χ0) is 6.57. The molecule has 8 heavy (non-hydrogen) atoms. The molecule has 0 aromatic heterocycles. The number of nitrogens with zero attached hydrogens (tertiary/aromatic N) is 1. The summed E-state index contributed by atoms with van der Waals surface area (Å²) >= 11 is 0. The number of hydrogen-bond donors (Lipinski definition) is 0. The molecule has 3 nitrogen and oxygen atoms in total. The van der Waals surface area contributed by atoms with E-state index in [0.29, 0.717) is 0 Å². The maximum Gasteiger partial charge on any atom is 0.269 e. The van der Waals surface area contributed by atoms with Gasteiger partial charge in [-0.25, -0.2) is 0 Å². The van der Waals surface area contributed by atoms with Gasteiger partial charge in [0, 0.05) is 11.8 Å². The van der Waals surface area contributed by atoms with E-state index in [1.165, 1.54) is 6.92 Å². The topological polar surface area (TPSA) is 43.1 Å². The van der Waals surface area contributed by atoms with Gasteiger partial charge in [0.15, 0.2) is 0 Å². The van der Waals surface area contributed by atoms with Crippen LogP contribution in [0.4, 0.5) is 0 Å². The van der Waals surface area contributed by atoms with Crippen LogP contribution in [-0.2, 0) is 0 Å². The summed E-state index contributed by atoms with van der Waals surface area (Å²) in [5, 5.41) is 9.79. The molecule has 0 spiro atoms. The third-order valence-corrected chi connectivity index (χ3v) is 0.669. The predicted octanol–water partition coefficient (Wildman–Crippen LogP) is 0.675. The molecule has 0 aliphatic carbocycles. The fraction of sp³-hybridized carbons (Fsp3) is 0.600. The quantitative estimate of drug-likeness (QED) is 0.285. The van der Waals surface area contributed by atoms with Gasteiger partial charge in [-0.15, -0.1) is 0 Å². The lowest BCUT2D eigenvalue weighted by molar-refractivity contribution is -0.502. The molecular weight excluding hydrogens is 106 g/mol. The van der Waals surface area contributed by atoms with Gasteiger partial charge < -0.3 is 0 Å². The highest BCUT2D eigenvalue weighted by atomic mass is 16.6. The van der Waals surface area contributed by atoms with E-state index in [1.54, 1.807) is 6.92 Å². The molecule has 0 aromatic carbocycles. The minimum absolute atomic E-state index is 0.420. The summed E-state index contributed by atoms with van der Waals surface area (Å²) in [5.74, 6) is 4.85. The van der Waals surface area contributed by atoms with E-state index in [1.807, 2.05) is 0 Å². The Morgan fingerprint density at radius 1 is 1.75 bits per heavy atom. The van der Waals surface area contributed by atoms with Crippen LogP contribution in [0.1, 0.15) is 13.8 Å². The molecule has 0 saturated heterocycles. The molecule has 0 radical (unpaired) electrons. The second-order valence-electron chi connectivity index (χ2n) is 1.36. The van der Waals surface area contributed by atoms with Crippen LogP contribution in [0.5, 0.6) is 0 Å². The first-order valence-electron chi connectivity index (χ1n) is 2.24. The summed E-state index contributed by atoms with van der Waals surface area (Å²) in [6, 6.07) is -0.722. The Bertz CT molecular complexity index is 142. The third kappa shape index (κ3) is 2.19. The molecule has 0 fully saturated rings. The van der Waals surface area contributed by atoms with Gasteiger partial charge in [0.05, 0.1) is 0 Å². The lowest BCUT2D eigenvalue weighted by Gasteiger charge is -1.88. The highest BCUT2D eigenvalue weighted by Gasteiger charge is 2.04. The molecule has 0 bridgehead atoms. The fourth-order valence-electron chi connectivity index (χ4n) is 0.262. The monoisotopic (exact) mass is 113 g/mol. The molecule has 0 heterocycles. The first-order valence-corrected chi connectivity index (χ1v) is 2.24. The first-order chi connectivity index (χ1) is 3.68. The summed E-state index contributed by atoms with van der Waals surface area (Å²) in [6.07, 6.45) is 0. The van der Waals surface area contributed by atoms with Gasteiger partial charge in [0.2, 0.25) is 0 Å². The molecule has 44 valence electrons. The molecular formula is C5H7NO2. The molecule has 0 N–H and O–H groups in total. The van der Waals surface area contributed by atoms with Gasteiger partial charge in [-0.3, -0.25) is 10.1 Å². The summed E-state index contributed by atoms with van der Waals surface area (Å²) in [7, 11) is 0. The maximum atomic E-state index is 9.79. The highest BCUT2D eigenvalue weighted by Crippen LogP contribution is 1.81. The smallest absolute Gasteiger partial charge is 0.263 e. The SMILES string of the molecule is CC#CC(C)[N+](=O)[O-]. The van der Waals surface area contributed by atoms with Crippen molar-refractivity contribution in [2.24, 2.45) is 0 Å². The van der Waals surface area contributed by atoms with E-state index in [9.17, 15) is 10.1 Å². The highest BCUT2D eigenvalue weighted by molar-refractivity contribution is 4.99. The van der Waals surface area contributed by atoms with Crippen LogP contribution in [0.2, 0.25) is 0 Å². The second-order valence-corrected chi connectivity index (χ2v) is 1.36. The molecule has 0 rings (SSSR count). The van der Waals surface area contributed by atoms with Gasteiger partial charge >= 0.3 is 0 Å². The van der Waals surface area contributed by atoms with Crippen LogP contribution in [0.3, 0.4) is 0 Å². The summed E-state index contributed by atoms with van der Waals surface area (Å²) in [4.78, 5) is 9.37. The van der Waals surface area contributed by atoms with Gasteiger partial charge in [0.1, 0.15) is 0 Å². The molecule has 0 amide bonds. The van der Waals surface area contributed by atoms with Crippen LogP contribution in [0, 0.1) is 22.0 Å². The number of hydrogen-bond acceptors (Lipinski definition) is 2. The summed E-state index contributed by atoms with van der Waals surface area (Å²) in [6.45, 7) is 3.04. The zero-order valence-electron chi connectivity index (χ0n) is 4.84. The van der Waals surface area contributed by atoms with Gasteiger partial charge in [-0.1, -0.05) is 5.92 Å². The third-order valence-electron chi connectivity index (χ3n) is 0.669.